The molecule has 1 saturated carbocycles. The molecule has 0 atom stereocenters. The number of carboxylic acids is 1. The van der Waals surface area contributed by atoms with E-state index >= 15 is 0 Å². The Morgan fingerprint density at radius 2 is 1.62 bits per heavy atom. The van der Waals surface area contributed by atoms with Crippen molar-refractivity contribution in [3.8, 4) is 0 Å². The molecule has 110 valence electrons. The molecule has 2 aliphatic rings. The molecule has 2 amide bonds. The first kappa shape index (κ1) is 13.8. The number of nitrogens with zero attached hydrogens (tertiary/aromatic N) is 1. The molecular formula is C16H17NO4. The van der Waals surface area contributed by atoms with Gasteiger partial charge in [0.2, 0.25) is 0 Å². The molecule has 1 heterocycles. The van der Waals surface area contributed by atoms with E-state index < -0.39 is 11.4 Å². The van der Waals surface area contributed by atoms with Gasteiger partial charge in [-0.3, -0.25) is 19.3 Å². The lowest BCUT2D eigenvalue weighted by molar-refractivity contribution is -0.155. The summed E-state index contributed by atoms with van der Waals surface area (Å²) in [5.74, 6) is -1.63. The van der Waals surface area contributed by atoms with Gasteiger partial charge in [0, 0.05) is 6.54 Å². The van der Waals surface area contributed by atoms with E-state index in [-0.39, 0.29) is 18.4 Å². The minimum Gasteiger partial charge on any atom is -0.481 e. The van der Waals surface area contributed by atoms with Crippen LogP contribution < -0.4 is 0 Å². The summed E-state index contributed by atoms with van der Waals surface area (Å²) >= 11 is 0. The molecule has 21 heavy (non-hydrogen) atoms. The van der Waals surface area contributed by atoms with Gasteiger partial charge in [-0.1, -0.05) is 18.6 Å². The quantitative estimate of drug-likeness (QED) is 0.864. The van der Waals surface area contributed by atoms with Gasteiger partial charge in [0.15, 0.2) is 0 Å². The molecule has 1 aromatic carbocycles. The number of aryl methyl sites for hydroxylation is 2. The molecule has 0 spiro atoms. The Kier molecular flexibility index (Phi) is 2.90. The fourth-order valence-corrected chi connectivity index (χ4v) is 3.21. The third kappa shape index (κ3) is 1.80. The van der Waals surface area contributed by atoms with Crippen LogP contribution in [0.25, 0.3) is 0 Å². The van der Waals surface area contributed by atoms with Crippen LogP contribution in [0.2, 0.25) is 0 Å². The lowest BCUT2D eigenvalue weighted by atomic mass is 9.68. The van der Waals surface area contributed by atoms with Gasteiger partial charge in [-0.25, -0.2) is 0 Å². The molecule has 5 heteroatoms. The number of fused-ring (bicyclic) bond motifs is 1. The van der Waals surface area contributed by atoms with Crippen LogP contribution in [-0.4, -0.2) is 34.3 Å². The standard InChI is InChI=1S/C16H17NO4/c1-9-4-5-10(2)12-11(9)13(18)17(14(12)19)8-16(15(20)21)6-3-7-16/h4-5H,3,6-8H2,1-2H3,(H,20,21). The number of hydrogen-bond donors (Lipinski definition) is 1. The monoisotopic (exact) mass is 287 g/mol. The van der Waals surface area contributed by atoms with Crippen LogP contribution in [0.15, 0.2) is 12.1 Å². The summed E-state index contributed by atoms with van der Waals surface area (Å²) in [6, 6.07) is 3.64. The van der Waals surface area contributed by atoms with Crippen LogP contribution in [0.4, 0.5) is 0 Å². The highest BCUT2D eigenvalue weighted by Gasteiger charge is 2.50. The predicted molar refractivity (Wildman–Crippen MR) is 75.2 cm³/mol. The lowest BCUT2D eigenvalue weighted by Gasteiger charge is -2.39. The van der Waals surface area contributed by atoms with E-state index in [1.54, 1.807) is 13.8 Å². The Bertz CT molecular complexity index is 632. The van der Waals surface area contributed by atoms with Gasteiger partial charge in [-0.15, -0.1) is 0 Å². The second-order valence-electron chi connectivity index (χ2n) is 6.08. The van der Waals surface area contributed by atoms with E-state index in [9.17, 15) is 19.5 Å². The topological polar surface area (TPSA) is 74.7 Å². The van der Waals surface area contributed by atoms with E-state index in [4.69, 9.17) is 0 Å². The number of benzene rings is 1. The molecule has 1 N–H and O–H groups in total. The molecular weight excluding hydrogens is 270 g/mol. The highest BCUT2D eigenvalue weighted by molar-refractivity contribution is 6.22. The van der Waals surface area contributed by atoms with Gasteiger partial charge in [0.1, 0.15) is 0 Å². The van der Waals surface area contributed by atoms with Crippen LogP contribution in [0.1, 0.15) is 51.1 Å². The van der Waals surface area contributed by atoms with Gasteiger partial charge in [-0.05, 0) is 37.8 Å². The van der Waals surface area contributed by atoms with Crippen molar-refractivity contribution in [2.75, 3.05) is 6.54 Å². The lowest BCUT2D eigenvalue weighted by Crippen LogP contribution is -2.49. The number of carboxylic acid groups (broad SMARTS) is 1. The number of rotatable bonds is 3. The van der Waals surface area contributed by atoms with Crippen LogP contribution in [0.3, 0.4) is 0 Å². The smallest absolute Gasteiger partial charge is 0.311 e. The maximum Gasteiger partial charge on any atom is 0.311 e. The molecule has 0 aromatic heterocycles. The van der Waals surface area contributed by atoms with E-state index in [1.807, 2.05) is 12.1 Å². The van der Waals surface area contributed by atoms with Crippen molar-refractivity contribution in [2.24, 2.45) is 5.41 Å². The SMILES string of the molecule is Cc1ccc(C)c2c1C(=O)N(CC1(C(=O)O)CCC1)C2=O. The third-order valence-corrected chi connectivity index (χ3v) is 4.77. The number of imide groups is 1. The van der Waals surface area contributed by atoms with Crippen molar-refractivity contribution >= 4 is 17.8 Å². The molecule has 0 radical (unpaired) electrons. The number of hydrogen-bond acceptors (Lipinski definition) is 3. The van der Waals surface area contributed by atoms with E-state index in [0.29, 0.717) is 24.0 Å². The van der Waals surface area contributed by atoms with Crippen molar-refractivity contribution in [1.29, 1.82) is 0 Å². The minimum atomic E-state index is -0.949. The van der Waals surface area contributed by atoms with Gasteiger partial charge in [-0.2, -0.15) is 0 Å². The zero-order valence-corrected chi connectivity index (χ0v) is 12.1. The first-order valence-corrected chi connectivity index (χ1v) is 7.07. The maximum atomic E-state index is 12.5. The Balaban J connectivity index is 1.99. The molecule has 0 saturated heterocycles. The summed E-state index contributed by atoms with van der Waals surface area (Å²) in [6.07, 6.45) is 1.87. The second-order valence-corrected chi connectivity index (χ2v) is 6.08. The Morgan fingerprint density at radius 3 is 1.95 bits per heavy atom. The second kappa shape index (κ2) is 4.41. The van der Waals surface area contributed by atoms with Crippen LogP contribution in [0.5, 0.6) is 0 Å². The molecule has 3 rings (SSSR count). The van der Waals surface area contributed by atoms with Gasteiger partial charge >= 0.3 is 5.97 Å². The molecule has 0 unspecified atom stereocenters. The zero-order valence-electron chi connectivity index (χ0n) is 12.1. The predicted octanol–water partition coefficient (Wildman–Crippen LogP) is 2.15. The fraction of sp³-hybridized carbons (Fsp3) is 0.438. The molecule has 1 aliphatic carbocycles. The van der Waals surface area contributed by atoms with Crippen LogP contribution in [0, 0.1) is 19.3 Å². The van der Waals surface area contributed by atoms with Gasteiger partial charge in [0.25, 0.3) is 11.8 Å². The Labute approximate surface area is 122 Å². The largest absolute Gasteiger partial charge is 0.481 e. The average Bonchev–Trinajstić information content (AvgIpc) is 2.62. The number of carbonyl (C=O) groups excluding carboxylic acids is 2. The summed E-state index contributed by atoms with van der Waals surface area (Å²) in [4.78, 5) is 37.7. The average molecular weight is 287 g/mol. The first-order valence-electron chi connectivity index (χ1n) is 7.07. The Hall–Kier alpha value is -2.17. The molecule has 1 aliphatic heterocycles. The minimum absolute atomic E-state index is 0.0203. The van der Waals surface area contributed by atoms with E-state index in [2.05, 4.69) is 0 Å². The molecule has 5 nitrogen and oxygen atoms in total. The summed E-state index contributed by atoms with van der Waals surface area (Å²) in [7, 11) is 0. The van der Waals surface area contributed by atoms with Gasteiger partial charge < -0.3 is 5.11 Å². The summed E-state index contributed by atoms with van der Waals surface area (Å²) in [6.45, 7) is 3.57. The van der Waals surface area contributed by atoms with Crippen molar-refractivity contribution in [3.63, 3.8) is 0 Å². The number of aliphatic carboxylic acids is 1. The summed E-state index contributed by atoms with van der Waals surface area (Å²) < 4.78 is 0. The third-order valence-electron chi connectivity index (χ3n) is 4.77. The highest BCUT2D eigenvalue weighted by atomic mass is 16.4. The first-order chi connectivity index (χ1) is 9.87. The summed E-state index contributed by atoms with van der Waals surface area (Å²) in [5, 5.41) is 9.39. The normalized spacial score (nSPS) is 19.4. The fourth-order valence-electron chi connectivity index (χ4n) is 3.21. The van der Waals surface area contributed by atoms with Crippen molar-refractivity contribution in [1.82, 2.24) is 4.90 Å². The number of amides is 2. The van der Waals surface area contributed by atoms with Gasteiger partial charge in [0.05, 0.1) is 16.5 Å². The van der Waals surface area contributed by atoms with Crippen LogP contribution >= 0.6 is 0 Å². The molecule has 0 bridgehead atoms. The molecule has 1 fully saturated rings. The van der Waals surface area contributed by atoms with Crippen molar-refractivity contribution in [2.45, 2.75) is 33.1 Å². The van der Waals surface area contributed by atoms with Crippen LogP contribution in [-0.2, 0) is 4.79 Å². The highest BCUT2D eigenvalue weighted by Crippen LogP contribution is 2.43. The van der Waals surface area contributed by atoms with E-state index in [0.717, 1.165) is 22.4 Å². The molecule has 1 aromatic rings. The summed E-state index contributed by atoms with van der Waals surface area (Å²) in [5.41, 5.74) is 1.43. The number of carbonyl (C=O) groups is 3. The maximum absolute atomic E-state index is 12.5. The zero-order chi connectivity index (χ0) is 15.4. The van der Waals surface area contributed by atoms with Crippen molar-refractivity contribution < 1.29 is 19.5 Å². The Morgan fingerprint density at radius 1 is 1.14 bits per heavy atom. The van der Waals surface area contributed by atoms with E-state index in [1.165, 1.54) is 0 Å². The van der Waals surface area contributed by atoms with Crippen molar-refractivity contribution in [3.05, 3.63) is 34.4 Å².